The van der Waals surface area contributed by atoms with Gasteiger partial charge in [-0.2, -0.15) is 0 Å². The van der Waals surface area contributed by atoms with Crippen molar-refractivity contribution in [1.29, 1.82) is 0 Å². The third-order valence-corrected chi connectivity index (χ3v) is 6.41. The number of para-hydroxylation sites is 1. The fraction of sp³-hybridized carbons (Fsp3) is 0.391. The van der Waals surface area contributed by atoms with E-state index in [9.17, 15) is 19.7 Å². The molecule has 2 aromatic carbocycles. The van der Waals surface area contributed by atoms with Crippen LogP contribution in [0.15, 0.2) is 42.5 Å². The Morgan fingerprint density at radius 3 is 2.32 bits per heavy atom. The molecule has 0 aliphatic carbocycles. The molecule has 0 saturated carbocycles. The Balaban J connectivity index is 1.69. The number of carboxylic acid groups (broad SMARTS) is 1. The van der Waals surface area contributed by atoms with Crippen LogP contribution in [0, 0.1) is 0 Å². The van der Waals surface area contributed by atoms with Gasteiger partial charge in [0.05, 0.1) is 31.1 Å². The van der Waals surface area contributed by atoms with Crippen LogP contribution < -0.4 is 9.97 Å². The summed E-state index contributed by atoms with van der Waals surface area (Å²) < 4.78 is 6.44. The molecule has 8 heteroatoms. The maximum atomic E-state index is 12.7. The van der Waals surface area contributed by atoms with Crippen molar-refractivity contribution in [1.82, 2.24) is 5.32 Å². The molecule has 1 aliphatic heterocycles. The van der Waals surface area contributed by atoms with E-state index in [0.717, 1.165) is 30.7 Å². The first-order valence-corrected chi connectivity index (χ1v) is 10.8. The van der Waals surface area contributed by atoms with Crippen molar-refractivity contribution in [2.45, 2.75) is 39.7 Å². The highest BCUT2D eigenvalue weighted by atomic mass is 16.5. The molecule has 1 amide bonds. The predicted molar refractivity (Wildman–Crippen MR) is 119 cm³/mol. The highest BCUT2D eigenvalue weighted by molar-refractivity contribution is 6.47. The van der Waals surface area contributed by atoms with Gasteiger partial charge in [-0.3, -0.25) is 4.79 Å². The van der Waals surface area contributed by atoms with Crippen molar-refractivity contribution in [3.63, 3.8) is 0 Å². The van der Waals surface area contributed by atoms with Crippen molar-refractivity contribution in [3.05, 3.63) is 64.7 Å². The summed E-state index contributed by atoms with van der Waals surface area (Å²) in [4.78, 5) is 24.1. The molecule has 3 rings (SSSR count). The van der Waals surface area contributed by atoms with Gasteiger partial charge in [-0.25, -0.2) is 4.79 Å². The van der Waals surface area contributed by atoms with E-state index in [-0.39, 0.29) is 23.6 Å². The van der Waals surface area contributed by atoms with Crippen LogP contribution in [0.3, 0.4) is 0 Å². The zero-order valence-electron chi connectivity index (χ0n) is 18.3. The number of carbonyl (C=O) groups is 2. The lowest BCUT2D eigenvalue weighted by Crippen LogP contribution is -2.53. The number of fused-ring (bicyclic) bond motifs is 1. The summed E-state index contributed by atoms with van der Waals surface area (Å²) in [6, 6.07) is 12.3. The number of quaternary nitrogens is 1. The Labute approximate surface area is 183 Å². The number of hydrogen-bond acceptors (Lipinski definition) is 4. The van der Waals surface area contributed by atoms with Gasteiger partial charge in [-0.15, -0.1) is 0 Å². The second kappa shape index (κ2) is 9.53. The molecule has 0 spiro atoms. The molecule has 7 nitrogen and oxygen atoms in total. The molecular formula is C23H30BN2O5+. The number of amides is 1. The Bertz CT molecular complexity index is 935. The first-order valence-electron chi connectivity index (χ1n) is 10.8. The number of rotatable bonds is 8. The van der Waals surface area contributed by atoms with Gasteiger partial charge in [-0.1, -0.05) is 24.3 Å². The van der Waals surface area contributed by atoms with Crippen LogP contribution in [0.25, 0.3) is 0 Å². The largest absolute Gasteiger partial charge is 0.547 e. The van der Waals surface area contributed by atoms with E-state index in [1.165, 1.54) is 11.6 Å². The summed E-state index contributed by atoms with van der Waals surface area (Å²) in [5.41, 5.74) is 2.32. The van der Waals surface area contributed by atoms with Gasteiger partial charge in [0, 0.05) is 11.1 Å². The van der Waals surface area contributed by atoms with Gasteiger partial charge in [0.15, 0.2) is 0 Å². The summed E-state index contributed by atoms with van der Waals surface area (Å²) in [5.74, 6) is -1.95. The van der Waals surface area contributed by atoms with E-state index in [1.807, 2.05) is 12.1 Å². The summed E-state index contributed by atoms with van der Waals surface area (Å²) in [7, 11) is -1.33. The van der Waals surface area contributed by atoms with Crippen molar-refractivity contribution >= 4 is 19.0 Å². The molecule has 0 unspecified atom stereocenters. The molecule has 31 heavy (non-hydrogen) atoms. The molecule has 164 valence electrons. The number of carbonyl (C=O) groups excluding carboxylic acids is 1. The summed E-state index contributed by atoms with van der Waals surface area (Å²) in [5, 5.41) is 22.4. The Kier molecular flexibility index (Phi) is 7.03. The molecule has 0 bridgehead atoms. The predicted octanol–water partition coefficient (Wildman–Crippen LogP) is 2.51. The summed E-state index contributed by atoms with van der Waals surface area (Å²) >= 11 is 0. The lowest BCUT2D eigenvalue weighted by Gasteiger charge is -2.35. The summed E-state index contributed by atoms with van der Waals surface area (Å²) in [6.07, 6.45) is 0.283. The average Bonchev–Trinajstić information content (AvgIpc) is 2.78. The fourth-order valence-corrected chi connectivity index (χ4v) is 4.12. The highest BCUT2D eigenvalue weighted by Crippen LogP contribution is 2.30. The third kappa shape index (κ3) is 4.91. The van der Waals surface area contributed by atoms with Gasteiger partial charge in [0.1, 0.15) is 12.3 Å². The van der Waals surface area contributed by atoms with Crippen molar-refractivity contribution in [2.75, 3.05) is 19.6 Å². The zero-order valence-corrected chi connectivity index (χ0v) is 18.3. The third-order valence-electron chi connectivity index (χ3n) is 6.41. The standard InChI is InChI=1S/C23H29BN2O5/c1-4-26(5-2,6-3)15-16-10-12-17(13-11-16)22(27)25-20-14-18-8-7-9-19(23(28)29)21(18)31-24(20)30/h7-13,20,30H,4-6,14-15H2,1-3H3,(H-,25,27,28,29)/p+1/t20-/m0/s1. The first kappa shape index (κ1) is 22.8. The number of aromatic carboxylic acids is 1. The molecular weight excluding hydrogens is 395 g/mol. The molecule has 1 heterocycles. The minimum absolute atomic E-state index is 0.00219. The molecule has 1 aliphatic rings. The van der Waals surface area contributed by atoms with E-state index in [4.69, 9.17) is 4.65 Å². The fourth-order valence-electron chi connectivity index (χ4n) is 4.12. The number of benzene rings is 2. The van der Waals surface area contributed by atoms with Gasteiger partial charge in [0.25, 0.3) is 5.91 Å². The van der Waals surface area contributed by atoms with Crippen LogP contribution >= 0.6 is 0 Å². The number of hydrogen-bond donors (Lipinski definition) is 3. The lowest BCUT2D eigenvalue weighted by atomic mass is 9.72. The average molecular weight is 425 g/mol. The van der Waals surface area contributed by atoms with Crippen LogP contribution in [0.4, 0.5) is 0 Å². The van der Waals surface area contributed by atoms with Crippen LogP contribution in [0.2, 0.25) is 0 Å². The van der Waals surface area contributed by atoms with E-state index in [2.05, 4.69) is 26.1 Å². The normalized spacial score (nSPS) is 15.7. The smallest absolute Gasteiger partial charge is 0.534 e. The topological polar surface area (TPSA) is 95.9 Å². The molecule has 3 N–H and O–H groups in total. The maximum absolute atomic E-state index is 12.7. The zero-order chi connectivity index (χ0) is 22.6. The number of nitrogens with one attached hydrogen (secondary N) is 1. The maximum Gasteiger partial charge on any atom is 0.547 e. The van der Waals surface area contributed by atoms with Gasteiger partial charge < -0.3 is 24.6 Å². The van der Waals surface area contributed by atoms with Crippen LogP contribution in [0.5, 0.6) is 5.75 Å². The molecule has 0 fully saturated rings. The Morgan fingerprint density at radius 1 is 1.10 bits per heavy atom. The quantitative estimate of drug-likeness (QED) is 0.446. The minimum atomic E-state index is -1.33. The Hall–Kier alpha value is -2.84. The monoisotopic (exact) mass is 425 g/mol. The van der Waals surface area contributed by atoms with E-state index < -0.39 is 19.0 Å². The van der Waals surface area contributed by atoms with Crippen LogP contribution in [-0.4, -0.2) is 59.2 Å². The second-order valence-electron chi connectivity index (χ2n) is 8.04. The van der Waals surface area contributed by atoms with Gasteiger partial charge in [-0.05, 0) is 51.0 Å². The van der Waals surface area contributed by atoms with E-state index in [1.54, 1.807) is 24.3 Å². The highest BCUT2D eigenvalue weighted by Gasteiger charge is 2.37. The molecule has 0 aromatic heterocycles. The van der Waals surface area contributed by atoms with Crippen LogP contribution in [-0.2, 0) is 13.0 Å². The molecule has 0 saturated heterocycles. The lowest BCUT2D eigenvalue weighted by molar-refractivity contribution is -0.936. The van der Waals surface area contributed by atoms with E-state index >= 15 is 0 Å². The number of nitrogens with zero attached hydrogens (tertiary/aromatic N) is 1. The minimum Gasteiger partial charge on any atom is -0.534 e. The van der Waals surface area contributed by atoms with Crippen molar-refractivity contribution in [2.24, 2.45) is 0 Å². The Morgan fingerprint density at radius 2 is 1.74 bits per heavy atom. The molecule has 0 radical (unpaired) electrons. The SMILES string of the molecule is CC[N+](CC)(CC)Cc1ccc(C(=O)N[C@H]2Cc3cccc(C(=O)O)c3OB2O)cc1. The van der Waals surface area contributed by atoms with Crippen molar-refractivity contribution < 1.29 is 28.9 Å². The molecule has 1 atom stereocenters. The van der Waals surface area contributed by atoms with Crippen molar-refractivity contribution in [3.8, 4) is 5.75 Å². The second-order valence-corrected chi connectivity index (χ2v) is 8.04. The van der Waals surface area contributed by atoms with Gasteiger partial charge in [0.2, 0.25) is 0 Å². The summed E-state index contributed by atoms with van der Waals surface area (Å²) in [6.45, 7) is 10.7. The number of carboxylic acids is 1. The molecule has 2 aromatic rings. The first-order chi connectivity index (χ1) is 14.8. The van der Waals surface area contributed by atoms with E-state index in [0.29, 0.717) is 11.1 Å². The van der Waals surface area contributed by atoms with Gasteiger partial charge >= 0.3 is 13.1 Å². The van der Waals surface area contributed by atoms with Crippen LogP contribution in [0.1, 0.15) is 52.6 Å².